The molecule has 50 heavy (non-hydrogen) atoms. The third kappa shape index (κ3) is 10.4. The van der Waals surface area contributed by atoms with Crippen LogP contribution in [-0.4, -0.2) is 48.8 Å². The van der Waals surface area contributed by atoms with Gasteiger partial charge in [-0.3, -0.25) is 9.69 Å². The number of halogens is 4. The molecular formula is C36H35Cl2F2N3O7. The molecule has 0 bridgehead atoms. The van der Waals surface area contributed by atoms with Gasteiger partial charge in [0.2, 0.25) is 0 Å². The number of carbonyl (C=O) groups excluding carboxylic acids is 1. The normalized spacial score (nSPS) is 13.9. The number of likely N-dealkylation sites (N-methyl/N-ethyl adjacent to an activating group) is 1. The van der Waals surface area contributed by atoms with Gasteiger partial charge in [-0.25, -0.2) is 4.79 Å². The third-order valence-electron chi connectivity index (χ3n) is 7.92. The number of aliphatic carboxylic acids is 1. The monoisotopic (exact) mass is 729 g/mol. The van der Waals surface area contributed by atoms with Gasteiger partial charge in [0.05, 0.1) is 13.2 Å². The summed E-state index contributed by atoms with van der Waals surface area (Å²) in [7, 11) is 1.72. The zero-order valence-electron chi connectivity index (χ0n) is 26.9. The van der Waals surface area contributed by atoms with Crippen molar-refractivity contribution in [3.8, 4) is 11.5 Å². The molecular weight excluding hydrogens is 695 g/mol. The second-order valence-electron chi connectivity index (χ2n) is 12.0. The van der Waals surface area contributed by atoms with E-state index < -0.39 is 30.7 Å². The number of hydrogen-bond donors (Lipinski definition) is 2. The number of benzene rings is 3. The Hall–Kier alpha value is -4.65. The zero-order valence-corrected chi connectivity index (χ0v) is 28.4. The fraction of sp³-hybridized carbons (Fsp3) is 0.306. The van der Waals surface area contributed by atoms with Crippen molar-refractivity contribution in [1.82, 2.24) is 4.90 Å². The molecule has 5 rings (SSSR count). The number of pyridine rings is 1. The minimum atomic E-state index is -3.08. The first-order chi connectivity index (χ1) is 23.9. The van der Waals surface area contributed by atoms with Gasteiger partial charge >= 0.3 is 18.6 Å². The Labute approximate surface area is 297 Å². The molecule has 1 aliphatic carbocycles. The molecule has 1 aliphatic rings. The van der Waals surface area contributed by atoms with Crippen molar-refractivity contribution >= 4 is 40.8 Å². The van der Waals surface area contributed by atoms with E-state index in [9.17, 15) is 28.7 Å². The average molecular weight is 731 g/mol. The van der Waals surface area contributed by atoms with Gasteiger partial charge in [-0.05, 0) is 66.8 Å². The van der Waals surface area contributed by atoms with Crippen LogP contribution in [0.1, 0.15) is 47.2 Å². The molecule has 1 unspecified atom stereocenters. The Morgan fingerprint density at radius 2 is 1.72 bits per heavy atom. The fourth-order valence-electron chi connectivity index (χ4n) is 5.30. The quantitative estimate of drug-likeness (QED) is 0.0659. The molecule has 1 saturated carbocycles. The van der Waals surface area contributed by atoms with Crippen molar-refractivity contribution in [3.05, 3.63) is 123 Å². The first-order valence-corrected chi connectivity index (χ1v) is 16.5. The summed E-state index contributed by atoms with van der Waals surface area (Å²) >= 11 is 12.7. The predicted octanol–water partition coefficient (Wildman–Crippen LogP) is 7.21. The summed E-state index contributed by atoms with van der Waals surface area (Å²) < 4.78 is 43.3. The van der Waals surface area contributed by atoms with Gasteiger partial charge in [-0.2, -0.15) is 13.5 Å². The van der Waals surface area contributed by atoms with E-state index in [0.29, 0.717) is 46.2 Å². The Kier molecular flexibility index (Phi) is 12.3. The number of esters is 1. The molecule has 1 heterocycles. The molecule has 2 N–H and O–H groups in total. The number of anilines is 1. The highest BCUT2D eigenvalue weighted by Gasteiger charge is 2.27. The summed E-state index contributed by atoms with van der Waals surface area (Å²) in [6, 6.07) is 19.3. The largest absolute Gasteiger partial charge is 0.619 e. The number of nitrogens with one attached hydrogen (secondary N) is 1. The summed E-state index contributed by atoms with van der Waals surface area (Å²) in [5.74, 6) is -1.41. The van der Waals surface area contributed by atoms with E-state index >= 15 is 0 Å². The maximum Gasteiger partial charge on any atom is 0.387 e. The van der Waals surface area contributed by atoms with Crippen LogP contribution < -0.4 is 19.5 Å². The van der Waals surface area contributed by atoms with E-state index in [2.05, 4.69) is 10.1 Å². The highest BCUT2D eigenvalue weighted by Crippen LogP contribution is 2.38. The Bertz CT molecular complexity index is 1770. The van der Waals surface area contributed by atoms with Crippen molar-refractivity contribution in [2.45, 2.75) is 44.6 Å². The predicted molar refractivity (Wildman–Crippen MR) is 182 cm³/mol. The van der Waals surface area contributed by atoms with Gasteiger partial charge in [0.1, 0.15) is 16.1 Å². The van der Waals surface area contributed by atoms with E-state index in [-0.39, 0.29) is 34.5 Å². The lowest BCUT2D eigenvalue weighted by Gasteiger charge is -2.23. The summed E-state index contributed by atoms with van der Waals surface area (Å²) in [4.78, 5) is 27.1. The number of rotatable bonds is 17. The first kappa shape index (κ1) is 36.6. The van der Waals surface area contributed by atoms with Gasteiger partial charge in [0, 0.05) is 24.2 Å². The lowest BCUT2D eigenvalue weighted by molar-refractivity contribution is -0.605. The van der Waals surface area contributed by atoms with Crippen LogP contribution in [0.15, 0.2) is 85.2 Å². The highest BCUT2D eigenvalue weighted by atomic mass is 35.5. The van der Waals surface area contributed by atoms with Crippen LogP contribution in [0.5, 0.6) is 11.5 Å². The SMILES string of the molecule is CN(CC(=O)O[C@@H](Cc1c(Cl)c[n+]([O-])cc1Cl)c1ccc(OC(F)F)c(OCC2CC2)c1)Cc1cccc(NC(C(=O)O)c2ccccc2)c1. The van der Waals surface area contributed by atoms with E-state index in [1.54, 1.807) is 54.4 Å². The minimum absolute atomic E-state index is 0.0368. The molecule has 2 atom stereocenters. The van der Waals surface area contributed by atoms with E-state index in [1.165, 1.54) is 18.2 Å². The Morgan fingerprint density at radius 1 is 1.00 bits per heavy atom. The maximum atomic E-state index is 13.4. The molecule has 10 nitrogen and oxygen atoms in total. The number of hydrogen-bond acceptors (Lipinski definition) is 8. The maximum absolute atomic E-state index is 13.4. The van der Waals surface area contributed by atoms with Crippen molar-refractivity contribution in [2.24, 2.45) is 5.92 Å². The van der Waals surface area contributed by atoms with E-state index in [0.717, 1.165) is 30.8 Å². The van der Waals surface area contributed by atoms with Crippen LogP contribution in [-0.2, 0) is 27.3 Å². The Morgan fingerprint density at radius 3 is 2.38 bits per heavy atom. The standard InChI is InChI=1S/C36H35Cl2F2N3O7/c1-42(17-23-6-5-9-26(14-23)41-34(35(45)46)24-7-3-2-4-8-24)20-33(44)49-31(16-27-28(37)18-43(47)19-29(27)38)25-12-13-30(50-36(39)40)32(15-25)48-21-22-10-11-22/h2-9,12-15,18-19,22,31,34,36,41H,10-11,16-17,20-21H2,1H3,(H,45,46)/t31-,34?/m0/s1. The summed E-state index contributed by atoms with van der Waals surface area (Å²) in [6.45, 7) is -2.59. The molecule has 0 radical (unpaired) electrons. The average Bonchev–Trinajstić information content (AvgIpc) is 3.89. The minimum Gasteiger partial charge on any atom is -0.619 e. The van der Waals surface area contributed by atoms with Crippen molar-refractivity contribution in [3.63, 3.8) is 0 Å². The number of carboxylic acid groups (broad SMARTS) is 1. The second-order valence-corrected chi connectivity index (χ2v) is 12.8. The second kappa shape index (κ2) is 16.8. The molecule has 1 aromatic heterocycles. The zero-order chi connectivity index (χ0) is 35.8. The molecule has 0 amide bonds. The summed E-state index contributed by atoms with van der Waals surface area (Å²) in [5.41, 5.74) is 2.75. The fourth-order valence-corrected chi connectivity index (χ4v) is 5.90. The molecule has 0 aliphatic heterocycles. The van der Waals surface area contributed by atoms with Crippen LogP contribution in [0.25, 0.3) is 0 Å². The molecule has 264 valence electrons. The number of carbonyl (C=O) groups is 2. The van der Waals surface area contributed by atoms with Crippen LogP contribution in [0, 0.1) is 11.1 Å². The number of carboxylic acids is 1. The molecule has 14 heteroatoms. The summed E-state index contributed by atoms with van der Waals surface area (Å²) in [6.07, 6.45) is 3.16. The number of aromatic nitrogens is 1. The van der Waals surface area contributed by atoms with Crippen LogP contribution >= 0.6 is 23.2 Å². The molecule has 3 aromatic carbocycles. The van der Waals surface area contributed by atoms with E-state index in [4.69, 9.17) is 32.7 Å². The number of ether oxygens (including phenoxy) is 3. The van der Waals surface area contributed by atoms with Crippen molar-refractivity contribution in [1.29, 1.82) is 0 Å². The van der Waals surface area contributed by atoms with E-state index in [1.807, 2.05) is 12.1 Å². The van der Waals surface area contributed by atoms with Crippen LogP contribution in [0.3, 0.4) is 0 Å². The molecule has 4 aromatic rings. The van der Waals surface area contributed by atoms with Crippen molar-refractivity contribution < 1.29 is 42.4 Å². The van der Waals surface area contributed by atoms with Crippen LogP contribution in [0.2, 0.25) is 10.0 Å². The van der Waals surface area contributed by atoms with Gasteiger partial charge in [0.15, 0.2) is 29.9 Å². The van der Waals surface area contributed by atoms with Gasteiger partial charge in [0.25, 0.3) is 0 Å². The molecule has 0 spiro atoms. The molecule has 1 fully saturated rings. The lowest BCUT2D eigenvalue weighted by atomic mass is 10.0. The van der Waals surface area contributed by atoms with Gasteiger partial charge < -0.3 is 29.8 Å². The topological polar surface area (TPSA) is 124 Å². The first-order valence-electron chi connectivity index (χ1n) is 15.7. The van der Waals surface area contributed by atoms with Gasteiger partial charge in [-0.15, -0.1) is 0 Å². The smallest absolute Gasteiger partial charge is 0.387 e. The van der Waals surface area contributed by atoms with Crippen LogP contribution in [0.4, 0.5) is 14.5 Å². The molecule has 0 saturated heterocycles. The Balaban J connectivity index is 1.31. The number of nitrogens with zero attached hydrogens (tertiary/aromatic N) is 2. The lowest BCUT2D eigenvalue weighted by Crippen LogP contribution is -2.29. The van der Waals surface area contributed by atoms with Gasteiger partial charge in [-0.1, -0.05) is 71.7 Å². The van der Waals surface area contributed by atoms with Crippen molar-refractivity contribution in [2.75, 3.05) is 25.5 Å². The third-order valence-corrected chi connectivity index (χ3v) is 8.57. The highest BCUT2D eigenvalue weighted by molar-refractivity contribution is 6.35. The summed E-state index contributed by atoms with van der Waals surface area (Å²) in [5, 5.41) is 24.8. The number of alkyl halides is 2.